The van der Waals surface area contributed by atoms with Gasteiger partial charge in [0.25, 0.3) is 0 Å². The lowest BCUT2D eigenvalue weighted by Gasteiger charge is -2.61. The van der Waals surface area contributed by atoms with Crippen molar-refractivity contribution in [3.8, 4) is 0 Å². The molecule has 5 heteroatoms. The molecule has 3 fully saturated rings. The molecule has 0 aliphatic heterocycles. The van der Waals surface area contributed by atoms with Crippen molar-refractivity contribution in [3.05, 3.63) is 46.0 Å². The van der Waals surface area contributed by atoms with E-state index in [2.05, 4.69) is 25.1 Å². The van der Waals surface area contributed by atoms with Gasteiger partial charge in [0.1, 0.15) is 7.11 Å². The molecule has 0 aromatic carbocycles. The molecule has 1 N–H and O–H groups in total. The first-order valence-corrected chi connectivity index (χ1v) is 11.4. The highest BCUT2D eigenvalue weighted by molar-refractivity contribution is 5.96. The number of nitrogens with zero attached hydrogens (tertiary/aromatic N) is 1. The van der Waals surface area contributed by atoms with E-state index in [1.165, 1.54) is 11.6 Å². The van der Waals surface area contributed by atoms with Gasteiger partial charge in [-0.15, -0.1) is 0 Å². The summed E-state index contributed by atoms with van der Waals surface area (Å²) in [6.45, 7) is 4.70. The molecular weight excluding hydrogens is 378 g/mol. The molecule has 0 radical (unpaired) electrons. The van der Waals surface area contributed by atoms with Gasteiger partial charge in [0, 0.05) is 11.5 Å². The van der Waals surface area contributed by atoms with Crippen LogP contribution in [0.5, 0.6) is 0 Å². The van der Waals surface area contributed by atoms with Gasteiger partial charge in [-0.1, -0.05) is 24.6 Å². The highest BCUT2D eigenvalue weighted by Gasteiger charge is 2.66. The van der Waals surface area contributed by atoms with E-state index in [-0.39, 0.29) is 22.4 Å². The Morgan fingerprint density at radius 2 is 1.93 bits per heavy atom. The molecule has 1 heterocycles. The predicted molar refractivity (Wildman–Crippen MR) is 115 cm³/mol. The van der Waals surface area contributed by atoms with E-state index >= 15 is 0 Å². The number of hydrogen-bond acceptors (Lipinski definition) is 5. The minimum atomic E-state index is -0.661. The summed E-state index contributed by atoms with van der Waals surface area (Å²) in [6.07, 6.45) is 11.9. The molecule has 1 aromatic heterocycles. The number of rotatable bonds is 2. The Morgan fingerprint density at radius 1 is 1.10 bits per heavy atom. The van der Waals surface area contributed by atoms with Gasteiger partial charge < -0.3 is 14.4 Å². The second-order valence-electron chi connectivity index (χ2n) is 10.5. The zero-order valence-electron chi connectivity index (χ0n) is 18.3. The van der Waals surface area contributed by atoms with Crippen molar-refractivity contribution in [2.45, 2.75) is 76.7 Å². The summed E-state index contributed by atoms with van der Waals surface area (Å²) in [5.41, 5.74) is 2.60. The molecule has 162 valence electrons. The Balaban J connectivity index is 1.49. The van der Waals surface area contributed by atoms with Gasteiger partial charge >= 0.3 is 5.63 Å². The quantitative estimate of drug-likeness (QED) is 0.709. The van der Waals surface area contributed by atoms with Crippen LogP contribution in [0.15, 0.2) is 44.4 Å². The minimum absolute atomic E-state index is 0.143. The Labute approximate surface area is 178 Å². The smallest absolute Gasteiger partial charge is 0.335 e. The Morgan fingerprint density at radius 3 is 2.67 bits per heavy atom. The van der Waals surface area contributed by atoms with Crippen molar-refractivity contribution in [2.75, 3.05) is 7.11 Å². The van der Waals surface area contributed by atoms with Crippen molar-refractivity contribution >= 4 is 5.71 Å². The number of hydrogen-bond donors (Lipinski definition) is 1. The second-order valence-corrected chi connectivity index (χ2v) is 10.5. The first kappa shape index (κ1) is 20.0. The van der Waals surface area contributed by atoms with Crippen LogP contribution in [-0.4, -0.2) is 23.5 Å². The molecule has 0 saturated heterocycles. The molecule has 0 spiro atoms. The average Bonchev–Trinajstić information content (AvgIpc) is 3.01. The maximum absolute atomic E-state index is 12.2. The fraction of sp³-hybridized carbons (Fsp3) is 0.680. The molecule has 0 bridgehead atoms. The minimum Gasteiger partial charge on any atom is -0.431 e. The molecule has 2 unspecified atom stereocenters. The molecule has 0 amide bonds. The first-order chi connectivity index (χ1) is 14.3. The number of oxime groups is 1. The maximum atomic E-state index is 12.2. The van der Waals surface area contributed by atoms with E-state index in [9.17, 15) is 9.90 Å². The zero-order chi connectivity index (χ0) is 21.1. The summed E-state index contributed by atoms with van der Waals surface area (Å²) in [7, 11) is 1.61. The van der Waals surface area contributed by atoms with Crippen LogP contribution in [0.4, 0.5) is 0 Å². The highest BCUT2D eigenvalue weighted by atomic mass is 16.6. The average molecular weight is 412 g/mol. The Kier molecular flexibility index (Phi) is 4.55. The number of aliphatic hydroxyl groups is 1. The molecular formula is C25H33NO4. The molecule has 4 aliphatic rings. The molecule has 30 heavy (non-hydrogen) atoms. The van der Waals surface area contributed by atoms with Crippen LogP contribution >= 0.6 is 0 Å². The van der Waals surface area contributed by atoms with E-state index in [1.54, 1.807) is 13.4 Å². The zero-order valence-corrected chi connectivity index (χ0v) is 18.3. The van der Waals surface area contributed by atoms with Gasteiger partial charge in [-0.25, -0.2) is 4.79 Å². The molecule has 4 aliphatic carbocycles. The normalized spacial score (nSPS) is 44.1. The summed E-state index contributed by atoms with van der Waals surface area (Å²) >= 11 is 0. The van der Waals surface area contributed by atoms with Crippen LogP contribution in [0.2, 0.25) is 0 Å². The first-order valence-electron chi connectivity index (χ1n) is 11.4. The van der Waals surface area contributed by atoms with E-state index in [0.29, 0.717) is 11.8 Å². The Hall–Kier alpha value is -1.88. The van der Waals surface area contributed by atoms with Crippen LogP contribution in [-0.2, 0) is 4.84 Å². The van der Waals surface area contributed by atoms with Gasteiger partial charge in [0.2, 0.25) is 0 Å². The molecule has 3 saturated carbocycles. The molecule has 1 aromatic rings. The van der Waals surface area contributed by atoms with Crippen molar-refractivity contribution in [3.63, 3.8) is 0 Å². The monoisotopic (exact) mass is 411 g/mol. The van der Waals surface area contributed by atoms with Crippen molar-refractivity contribution in [1.82, 2.24) is 0 Å². The SMILES string of the molecule is CON=C1C=C2CCC3C(CC[C@]4(C)[C@@H](c5ccc(=O)oc5)CC[C@]34O)[C@@]2(C)CC1. The van der Waals surface area contributed by atoms with E-state index in [4.69, 9.17) is 9.25 Å². The summed E-state index contributed by atoms with van der Waals surface area (Å²) in [6, 6.07) is 3.42. The number of fused-ring (bicyclic) bond motifs is 5. The predicted octanol–water partition coefficient (Wildman–Crippen LogP) is 4.80. The van der Waals surface area contributed by atoms with E-state index in [0.717, 1.165) is 62.6 Å². The third kappa shape index (κ3) is 2.63. The summed E-state index contributed by atoms with van der Waals surface area (Å²) < 4.78 is 5.19. The standard InChI is InChI=1S/C25H33NO4/c1-23-11-8-18(26-29-3)14-17(23)5-6-21-20(23)9-12-24(2)19(10-13-25(21,24)28)16-4-7-22(27)30-15-16/h4,7,14-15,19-21,28H,5-6,8-13H2,1-3H3/t19-,20?,21?,23+,24-,25+/m1/s1. The van der Waals surface area contributed by atoms with Gasteiger partial charge in [0.15, 0.2) is 0 Å². The van der Waals surface area contributed by atoms with Crippen LogP contribution in [0, 0.1) is 22.7 Å². The maximum Gasteiger partial charge on any atom is 0.335 e. The fourth-order valence-electron chi connectivity index (χ4n) is 7.83. The van der Waals surface area contributed by atoms with Crippen LogP contribution < -0.4 is 5.63 Å². The second kappa shape index (κ2) is 6.81. The van der Waals surface area contributed by atoms with E-state index in [1.807, 2.05) is 6.07 Å². The van der Waals surface area contributed by atoms with Crippen molar-refractivity contribution in [1.29, 1.82) is 0 Å². The summed E-state index contributed by atoms with van der Waals surface area (Å²) in [5, 5.41) is 16.4. The van der Waals surface area contributed by atoms with Gasteiger partial charge in [-0.05, 0) is 92.2 Å². The van der Waals surface area contributed by atoms with Crippen molar-refractivity contribution in [2.24, 2.45) is 27.8 Å². The van der Waals surface area contributed by atoms with Crippen LogP contribution in [0.25, 0.3) is 0 Å². The van der Waals surface area contributed by atoms with Crippen LogP contribution in [0.1, 0.15) is 76.7 Å². The van der Waals surface area contributed by atoms with Crippen molar-refractivity contribution < 1.29 is 14.4 Å². The highest BCUT2D eigenvalue weighted by Crippen LogP contribution is 2.69. The lowest BCUT2D eigenvalue weighted by molar-refractivity contribution is -0.176. The number of allylic oxidation sites excluding steroid dienone is 2. The third-order valence-corrected chi connectivity index (χ3v) is 9.50. The Bertz CT molecular complexity index is 944. The molecule has 6 atom stereocenters. The molecule has 5 rings (SSSR count). The van der Waals surface area contributed by atoms with Gasteiger partial charge in [-0.3, -0.25) is 0 Å². The van der Waals surface area contributed by atoms with Crippen LogP contribution in [0.3, 0.4) is 0 Å². The fourth-order valence-corrected chi connectivity index (χ4v) is 7.83. The topological polar surface area (TPSA) is 72.0 Å². The lowest BCUT2D eigenvalue weighted by Crippen LogP contribution is -2.60. The van der Waals surface area contributed by atoms with Gasteiger partial charge in [-0.2, -0.15) is 0 Å². The van der Waals surface area contributed by atoms with E-state index < -0.39 is 5.60 Å². The lowest BCUT2D eigenvalue weighted by atomic mass is 9.45. The summed E-state index contributed by atoms with van der Waals surface area (Å²) in [4.78, 5) is 16.5. The molecule has 5 nitrogen and oxygen atoms in total. The summed E-state index contributed by atoms with van der Waals surface area (Å²) in [5.74, 6) is 1.07. The van der Waals surface area contributed by atoms with Gasteiger partial charge in [0.05, 0.1) is 17.6 Å². The largest absolute Gasteiger partial charge is 0.431 e. The third-order valence-electron chi connectivity index (χ3n) is 9.50.